The summed E-state index contributed by atoms with van der Waals surface area (Å²) < 4.78 is 10.7. The van der Waals surface area contributed by atoms with Crippen LogP contribution in [0.2, 0.25) is 6.04 Å². The molecule has 0 saturated carbocycles. The first-order chi connectivity index (χ1) is 5.24. The van der Waals surface area contributed by atoms with Crippen molar-refractivity contribution in [2.45, 2.75) is 26.3 Å². The van der Waals surface area contributed by atoms with E-state index in [1.54, 1.807) is 14.2 Å². The van der Waals surface area contributed by atoms with Gasteiger partial charge in [-0.1, -0.05) is 20.3 Å². The van der Waals surface area contributed by atoms with Crippen molar-refractivity contribution in [3.63, 3.8) is 0 Å². The normalized spacial score (nSPS) is 12.0. The first-order valence-electron chi connectivity index (χ1n) is 4.10. The molecular weight excluding hydrogens is 158 g/mol. The Morgan fingerprint density at radius 2 is 1.73 bits per heavy atom. The molecule has 3 nitrogen and oxygen atoms in total. The largest absolute Gasteiger partial charge is 0.424 e. The van der Waals surface area contributed by atoms with Gasteiger partial charge in [0, 0.05) is 20.3 Å². The summed E-state index contributed by atoms with van der Waals surface area (Å²) in [5.41, 5.74) is 0. The van der Waals surface area contributed by atoms with E-state index in [4.69, 9.17) is 8.85 Å². The Labute approximate surface area is 70.4 Å². The van der Waals surface area contributed by atoms with Crippen molar-refractivity contribution < 1.29 is 8.85 Å². The lowest BCUT2D eigenvalue weighted by atomic mass is 10.6. The summed E-state index contributed by atoms with van der Waals surface area (Å²) >= 11 is 0. The van der Waals surface area contributed by atoms with Crippen molar-refractivity contribution in [1.29, 1.82) is 0 Å². The summed E-state index contributed by atoms with van der Waals surface area (Å²) in [5.74, 6) is 0. The summed E-state index contributed by atoms with van der Waals surface area (Å²) in [6.07, 6.45) is 1.10. The lowest BCUT2D eigenvalue weighted by molar-refractivity contribution is 0.228. The van der Waals surface area contributed by atoms with E-state index in [0.717, 1.165) is 19.0 Å². The molecular formula is C7H19NO2Si. The number of hydrogen-bond acceptors (Lipinski definition) is 3. The van der Waals surface area contributed by atoms with Crippen LogP contribution in [0.1, 0.15) is 20.3 Å². The fourth-order valence-electron chi connectivity index (χ4n) is 1.12. The smallest absolute Gasteiger partial charge is 0.386 e. The Kier molecular flexibility index (Phi) is 5.76. The Hall–Kier alpha value is 0.0969. The molecule has 0 aliphatic heterocycles. The second-order valence-corrected chi connectivity index (χ2v) is 5.62. The molecule has 0 spiro atoms. The zero-order chi connectivity index (χ0) is 8.74. The molecule has 0 bridgehead atoms. The minimum absolute atomic E-state index is 0.911. The topological polar surface area (TPSA) is 30.5 Å². The minimum Gasteiger partial charge on any atom is -0.386 e. The molecule has 11 heavy (non-hydrogen) atoms. The fourth-order valence-corrected chi connectivity index (χ4v) is 3.36. The van der Waals surface area contributed by atoms with Crippen LogP contribution in [-0.2, 0) is 8.85 Å². The van der Waals surface area contributed by atoms with E-state index in [1.165, 1.54) is 0 Å². The highest BCUT2D eigenvalue weighted by Crippen LogP contribution is 2.09. The average molecular weight is 177 g/mol. The Morgan fingerprint density at radius 3 is 2.00 bits per heavy atom. The maximum atomic E-state index is 5.37. The van der Waals surface area contributed by atoms with Crippen LogP contribution in [0.3, 0.4) is 0 Å². The molecule has 0 aromatic heterocycles. The summed E-state index contributed by atoms with van der Waals surface area (Å²) in [7, 11) is 1.44. The molecule has 0 radical (unpaired) electrons. The lowest BCUT2D eigenvalue weighted by Crippen LogP contribution is -2.54. The van der Waals surface area contributed by atoms with E-state index < -0.39 is 8.72 Å². The van der Waals surface area contributed by atoms with Gasteiger partial charge in [0.1, 0.15) is 0 Å². The summed E-state index contributed by atoms with van der Waals surface area (Å²) in [6.45, 7) is 5.11. The zero-order valence-corrected chi connectivity index (χ0v) is 8.94. The van der Waals surface area contributed by atoms with Crippen molar-refractivity contribution in [1.82, 2.24) is 4.98 Å². The van der Waals surface area contributed by atoms with Gasteiger partial charge in [-0.2, -0.15) is 0 Å². The maximum Gasteiger partial charge on any atom is 0.424 e. The van der Waals surface area contributed by atoms with E-state index in [2.05, 4.69) is 18.8 Å². The van der Waals surface area contributed by atoms with Crippen LogP contribution in [-0.4, -0.2) is 29.5 Å². The van der Waals surface area contributed by atoms with E-state index in [-0.39, 0.29) is 0 Å². The second-order valence-electron chi connectivity index (χ2n) is 2.44. The second kappa shape index (κ2) is 5.71. The zero-order valence-electron chi connectivity index (χ0n) is 7.94. The minimum atomic E-state index is -1.99. The standard InChI is InChI=1S/C7H19NO2Si/c1-5-7-11(9-3,10-4)8-6-2/h8H,5-7H2,1-4H3. The molecule has 0 unspecified atom stereocenters. The summed E-state index contributed by atoms with van der Waals surface area (Å²) in [5, 5.41) is 0. The molecule has 0 rings (SSSR count). The quantitative estimate of drug-likeness (QED) is 0.619. The van der Waals surface area contributed by atoms with Crippen LogP contribution in [0.5, 0.6) is 0 Å². The Balaban J connectivity index is 3.96. The molecule has 4 heteroatoms. The third kappa shape index (κ3) is 3.33. The lowest BCUT2D eigenvalue weighted by Gasteiger charge is -2.26. The number of rotatable bonds is 6. The molecule has 0 aliphatic carbocycles. The van der Waals surface area contributed by atoms with Crippen molar-refractivity contribution in [3.05, 3.63) is 0 Å². The summed E-state index contributed by atoms with van der Waals surface area (Å²) in [6, 6.07) is 1.01. The van der Waals surface area contributed by atoms with Crippen LogP contribution in [0.25, 0.3) is 0 Å². The van der Waals surface area contributed by atoms with E-state index in [0.29, 0.717) is 0 Å². The molecule has 0 saturated heterocycles. The molecule has 68 valence electrons. The van der Waals surface area contributed by atoms with Gasteiger partial charge in [-0.3, -0.25) is 4.98 Å². The highest BCUT2D eigenvalue weighted by atomic mass is 28.4. The van der Waals surface area contributed by atoms with E-state index in [1.807, 2.05) is 0 Å². The van der Waals surface area contributed by atoms with Crippen molar-refractivity contribution in [3.8, 4) is 0 Å². The van der Waals surface area contributed by atoms with E-state index >= 15 is 0 Å². The summed E-state index contributed by atoms with van der Waals surface area (Å²) in [4.78, 5) is 3.29. The van der Waals surface area contributed by atoms with Crippen molar-refractivity contribution >= 4 is 8.72 Å². The molecule has 0 aromatic carbocycles. The van der Waals surface area contributed by atoms with Gasteiger partial charge in [0.15, 0.2) is 0 Å². The van der Waals surface area contributed by atoms with Gasteiger partial charge in [0.05, 0.1) is 0 Å². The average Bonchev–Trinajstić information content (AvgIpc) is 2.04. The molecule has 0 aromatic rings. The highest BCUT2D eigenvalue weighted by Gasteiger charge is 2.33. The third-order valence-corrected chi connectivity index (χ3v) is 5.05. The first kappa shape index (κ1) is 11.1. The van der Waals surface area contributed by atoms with Crippen LogP contribution >= 0.6 is 0 Å². The maximum absolute atomic E-state index is 5.37. The SMILES string of the molecule is CCC[Si](NCC)(OC)OC. The number of nitrogens with one attached hydrogen (secondary N) is 1. The van der Waals surface area contributed by atoms with Crippen LogP contribution in [0.15, 0.2) is 0 Å². The molecule has 0 heterocycles. The molecule has 0 fully saturated rings. The van der Waals surface area contributed by atoms with Gasteiger partial charge < -0.3 is 8.85 Å². The molecule has 0 atom stereocenters. The van der Waals surface area contributed by atoms with Crippen molar-refractivity contribution in [2.75, 3.05) is 20.8 Å². The van der Waals surface area contributed by atoms with Gasteiger partial charge in [-0.25, -0.2) is 0 Å². The predicted octanol–water partition coefficient (Wildman–Crippen LogP) is 1.24. The fraction of sp³-hybridized carbons (Fsp3) is 1.00. The van der Waals surface area contributed by atoms with Crippen molar-refractivity contribution in [2.24, 2.45) is 0 Å². The number of hydrogen-bond donors (Lipinski definition) is 1. The Morgan fingerprint density at radius 1 is 1.18 bits per heavy atom. The van der Waals surface area contributed by atoms with Gasteiger partial charge in [-0.05, 0) is 6.54 Å². The van der Waals surface area contributed by atoms with E-state index in [9.17, 15) is 0 Å². The molecule has 0 amide bonds. The van der Waals surface area contributed by atoms with Gasteiger partial charge in [0.2, 0.25) is 0 Å². The molecule has 0 aliphatic rings. The van der Waals surface area contributed by atoms with Crippen LogP contribution in [0, 0.1) is 0 Å². The predicted molar refractivity (Wildman–Crippen MR) is 48.5 cm³/mol. The van der Waals surface area contributed by atoms with Gasteiger partial charge >= 0.3 is 8.72 Å². The highest BCUT2D eigenvalue weighted by molar-refractivity contribution is 6.64. The molecule has 1 N–H and O–H groups in total. The third-order valence-electron chi connectivity index (χ3n) is 1.68. The first-order valence-corrected chi connectivity index (χ1v) is 6.12. The van der Waals surface area contributed by atoms with Gasteiger partial charge in [-0.15, -0.1) is 0 Å². The Bertz CT molecular complexity index is 88.4. The van der Waals surface area contributed by atoms with Crippen LogP contribution in [0.4, 0.5) is 0 Å². The van der Waals surface area contributed by atoms with Crippen LogP contribution < -0.4 is 4.98 Å². The van der Waals surface area contributed by atoms with Gasteiger partial charge in [0.25, 0.3) is 0 Å². The monoisotopic (exact) mass is 177 g/mol.